The van der Waals surface area contributed by atoms with E-state index in [0.29, 0.717) is 32.0 Å². The van der Waals surface area contributed by atoms with Crippen molar-refractivity contribution in [3.05, 3.63) is 60.2 Å². The zero-order valence-corrected chi connectivity index (χ0v) is 17.5. The number of benzene rings is 2. The monoisotopic (exact) mass is 417 g/mol. The highest BCUT2D eigenvalue weighted by Gasteiger charge is 2.26. The molecule has 2 aromatic carbocycles. The van der Waals surface area contributed by atoms with E-state index in [1.165, 1.54) is 10.4 Å². The number of rotatable bonds is 7. The van der Waals surface area contributed by atoms with Crippen LogP contribution in [0.2, 0.25) is 0 Å². The van der Waals surface area contributed by atoms with Crippen molar-refractivity contribution in [1.29, 1.82) is 0 Å². The molecule has 1 saturated heterocycles. The molecular formula is C21H27N3O4S. The molecule has 1 heterocycles. The fourth-order valence-corrected chi connectivity index (χ4v) is 4.66. The van der Waals surface area contributed by atoms with Crippen molar-refractivity contribution in [2.24, 2.45) is 0 Å². The van der Waals surface area contributed by atoms with E-state index >= 15 is 0 Å². The van der Waals surface area contributed by atoms with Gasteiger partial charge in [-0.1, -0.05) is 36.4 Å². The SMILES string of the molecule is C[C@H](N[C@H](C)c1ccccc1)C(=O)Nc1cccc(S(=O)(=O)N2CCOCC2)c1. The normalized spacial score (nSPS) is 17.4. The largest absolute Gasteiger partial charge is 0.379 e. The summed E-state index contributed by atoms with van der Waals surface area (Å²) in [5.41, 5.74) is 1.54. The van der Waals surface area contributed by atoms with Crippen molar-refractivity contribution in [3.63, 3.8) is 0 Å². The zero-order chi connectivity index (χ0) is 20.9. The topological polar surface area (TPSA) is 87.7 Å². The van der Waals surface area contributed by atoms with Crippen molar-refractivity contribution >= 4 is 21.6 Å². The summed E-state index contributed by atoms with van der Waals surface area (Å²) >= 11 is 0. The minimum Gasteiger partial charge on any atom is -0.379 e. The van der Waals surface area contributed by atoms with Gasteiger partial charge in [-0.05, 0) is 37.6 Å². The highest BCUT2D eigenvalue weighted by atomic mass is 32.2. The third kappa shape index (κ3) is 5.42. The van der Waals surface area contributed by atoms with E-state index in [-0.39, 0.29) is 16.8 Å². The summed E-state index contributed by atoms with van der Waals surface area (Å²) in [6.45, 7) is 5.21. The molecule has 1 aliphatic rings. The first-order chi connectivity index (χ1) is 13.9. The molecule has 8 heteroatoms. The van der Waals surface area contributed by atoms with Crippen LogP contribution >= 0.6 is 0 Å². The van der Waals surface area contributed by atoms with Gasteiger partial charge in [-0.3, -0.25) is 10.1 Å². The molecule has 7 nitrogen and oxygen atoms in total. The lowest BCUT2D eigenvalue weighted by Crippen LogP contribution is -2.40. The number of hydrogen-bond acceptors (Lipinski definition) is 5. The van der Waals surface area contributed by atoms with Crippen LogP contribution in [0, 0.1) is 0 Å². The minimum absolute atomic E-state index is 0.00461. The molecule has 2 atom stereocenters. The summed E-state index contributed by atoms with van der Waals surface area (Å²) in [5.74, 6) is -0.228. The average molecular weight is 418 g/mol. The second-order valence-electron chi connectivity index (χ2n) is 7.05. The van der Waals surface area contributed by atoms with Crippen LogP contribution in [0.1, 0.15) is 25.5 Å². The summed E-state index contributed by atoms with van der Waals surface area (Å²) in [7, 11) is -3.61. The van der Waals surface area contributed by atoms with Crippen LogP contribution in [0.3, 0.4) is 0 Å². The Balaban J connectivity index is 1.65. The average Bonchev–Trinajstić information content (AvgIpc) is 2.75. The van der Waals surface area contributed by atoms with Crippen LogP contribution in [0.5, 0.6) is 0 Å². The Hall–Kier alpha value is -2.26. The molecule has 0 saturated carbocycles. The molecule has 1 aliphatic heterocycles. The lowest BCUT2D eigenvalue weighted by Gasteiger charge is -2.26. The Morgan fingerprint density at radius 1 is 1.03 bits per heavy atom. The first-order valence-corrected chi connectivity index (χ1v) is 11.1. The number of carbonyl (C=O) groups excluding carboxylic acids is 1. The quantitative estimate of drug-likeness (QED) is 0.722. The van der Waals surface area contributed by atoms with E-state index in [2.05, 4.69) is 10.6 Å². The third-order valence-corrected chi connectivity index (χ3v) is 6.80. The van der Waals surface area contributed by atoms with Gasteiger partial charge in [0.05, 0.1) is 24.2 Å². The van der Waals surface area contributed by atoms with Gasteiger partial charge in [-0.2, -0.15) is 4.31 Å². The summed E-state index contributed by atoms with van der Waals surface area (Å²) in [6, 6.07) is 15.8. The second kappa shape index (κ2) is 9.49. The van der Waals surface area contributed by atoms with Crippen LogP contribution < -0.4 is 10.6 Å². The van der Waals surface area contributed by atoms with E-state index in [1.807, 2.05) is 37.3 Å². The number of anilines is 1. The van der Waals surface area contributed by atoms with Crippen LogP contribution in [0.4, 0.5) is 5.69 Å². The lowest BCUT2D eigenvalue weighted by molar-refractivity contribution is -0.117. The molecule has 0 spiro atoms. The molecule has 0 unspecified atom stereocenters. The number of morpholine rings is 1. The van der Waals surface area contributed by atoms with E-state index in [4.69, 9.17) is 4.74 Å². The highest BCUT2D eigenvalue weighted by molar-refractivity contribution is 7.89. The maximum absolute atomic E-state index is 12.8. The van der Waals surface area contributed by atoms with Crippen molar-refractivity contribution in [2.75, 3.05) is 31.6 Å². The summed E-state index contributed by atoms with van der Waals surface area (Å²) < 4.78 is 32.2. The summed E-state index contributed by atoms with van der Waals surface area (Å²) in [4.78, 5) is 12.8. The number of ether oxygens (including phenoxy) is 1. The Kier molecular flexibility index (Phi) is 7.02. The van der Waals surface area contributed by atoms with E-state index < -0.39 is 16.1 Å². The zero-order valence-electron chi connectivity index (χ0n) is 16.7. The van der Waals surface area contributed by atoms with Gasteiger partial charge < -0.3 is 10.1 Å². The second-order valence-corrected chi connectivity index (χ2v) is 8.99. The molecule has 0 bridgehead atoms. The molecule has 29 heavy (non-hydrogen) atoms. The van der Waals surface area contributed by atoms with Gasteiger partial charge in [-0.15, -0.1) is 0 Å². The molecule has 0 aromatic heterocycles. The first kappa shape index (κ1) is 21.4. The fraction of sp³-hybridized carbons (Fsp3) is 0.381. The summed E-state index contributed by atoms with van der Waals surface area (Å²) in [6.07, 6.45) is 0. The van der Waals surface area contributed by atoms with Crippen molar-refractivity contribution < 1.29 is 17.9 Å². The Bertz CT molecular complexity index is 928. The summed E-state index contributed by atoms with van der Waals surface area (Å²) in [5, 5.41) is 6.07. The van der Waals surface area contributed by atoms with Crippen molar-refractivity contribution in [2.45, 2.75) is 30.8 Å². The molecule has 1 fully saturated rings. The molecule has 2 aromatic rings. The lowest BCUT2D eigenvalue weighted by atomic mass is 10.1. The van der Waals surface area contributed by atoms with Gasteiger partial charge in [0, 0.05) is 24.8 Å². The van der Waals surface area contributed by atoms with E-state index in [9.17, 15) is 13.2 Å². The predicted molar refractivity (Wildman–Crippen MR) is 112 cm³/mol. The Morgan fingerprint density at radius 2 is 1.72 bits per heavy atom. The standard InChI is InChI=1S/C21H27N3O4S/c1-16(18-7-4-3-5-8-18)22-17(2)21(25)23-19-9-6-10-20(15-19)29(26,27)24-11-13-28-14-12-24/h3-10,15-17,22H,11-14H2,1-2H3,(H,23,25)/t16-,17+/m1/s1. The van der Waals surface area contributed by atoms with Crippen LogP contribution in [0.25, 0.3) is 0 Å². The molecular weight excluding hydrogens is 390 g/mol. The molecule has 3 rings (SSSR count). The fourth-order valence-electron chi connectivity index (χ4n) is 3.21. The molecule has 0 aliphatic carbocycles. The number of hydrogen-bond donors (Lipinski definition) is 2. The maximum Gasteiger partial charge on any atom is 0.243 e. The van der Waals surface area contributed by atoms with Gasteiger partial charge in [0.1, 0.15) is 0 Å². The predicted octanol–water partition coefficient (Wildman–Crippen LogP) is 2.39. The Morgan fingerprint density at radius 3 is 2.41 bits per heavy atom. The molecule has 2 N–H and O–H groups in total. The molecule has 156 valence electrons. The highest BCUT2D eigenvalue weighted by Crippen LogP contribution is 2.21. The van der Waals surface area contributed by atoms with Gasteiger partial charge in [0.25, 0.3) is 0 Å². The van der Waals surface area contributed by atoms with Crippen LogP contribution in [0.15, 0.2) is 59.5 Å². The number of nitrogens with zero attached hydrogens (tertiary/aromatic N) is 1. The van der Waals surface area contributed by atoms with Gasteiger partial charge >= 0.3 is 0 Å². The van der Waals surface area contributed by atoms with Crippen molar-refractivity contribution in [3.8, 4) is 0 Å². The smallest absolute Gasteiger partial charge is 0.243 e. The number of nitrogens with one attached hydrogen (secondary N) is 2. The van der Waals surface area contributed by atoms with E-state index in [0.717, 1.165) is 5.56 Å². The Labute approximate surface area is 172 Å². The molecule has 1 amide bonds. The third-order valence-electron chi connectivity index (χ3n) is 4.90. The van der Waals surface area contributed by atoms with Crippen LogP contribution in [-0.4, -0.2) is 51.0 Å². The van der Waals surface area contributed by atoms with Crippen LogP contribution in [-0.2, 0) is 19.6 Å². The van der Waals surface area contributed by atoms with E-state index in [1.54, 1.807) is 25.1 Å². The van der Waals surface area contributed by atoms with Gasteiger partial charge in [0.2, 0.25) is 15.9 Å². The molecule has 0 radical (unpaired) electrons. The minimum atomic E-state index is -3.61. The van der Waals surface area contributed by atoms with Crippen molar-refractivity contribution in [1.82, 2.24) is 9.62 Å². The maximum atomic E-state index is 12.8. The first-order valence-electron chi connectivity index (χ1n) is 9.68. The number of amides is 1. The number of sulfonamides is 1. The van der Waals surface area contributed by atoms with Gasteiger partial charge in [-0.25, -0.2) is 8.42 Å². The number of carbonyl (C=O) groups is 1. The van der Waals surface area contributed by atoms with Gasteiger partial charge in [0.15, 0.2) is 0 Å².